The molecule has 1 amide bonds. The molecule has 3 aromatic carbocycles. The molecule has 1 saturated heterocycles. The van der Waals surface area contributed by atoms with E-state index in [1.807, 2.05) is 35.4 Å². The Hall–Kier alpha value is -3.76. The minimum Gasteiger partial charge on any atom is -0.295 e. The molecule has 4 aromatic rings. The number of fused-ring (bicyclic) bond motifs is 2. The number of nitrogens with zero attached hydrogens (tertiary/aromatic N) is 3. The summed E-state index contributed by atoms with van der Waals surface area (Å²) in [7, 11) is 0. The van der Waals surface area contributed by atoms with Crippen LogP contribution in [0.15, 0.2) is 103 Å². The molecule has 4 nitrogen and oxygen atoms in total. The first-order chi connectivity index (χ1) is 17.2. The second-order valence-electron chi connectivity index (χ2n) is 9.75. The summed E-state index contributed by atoms with van der Waals surface area (Å²) in [5, 5.41) is 0. The molecule has 35 heavy (non-hydrogen) atoms. The molecule has 4 heteroatoms. The van der Waals surface area contributed by atoms with E-state index in [0.29, 0.717) is 0 Å². The number of pyridine rings is 1. The Morgan fingerprint density at radius 1 is 0.857 bits per heavy atom. The van der Waals surface area contributed by atoms with E-state index < -0.39 is 5.41 Å². The van der Waals surface area contributed by atoms with Crippen LogP contribution in [0.5, 0.6) is 0 Å². The summed E-state index contributed by atoms with van der Waals surface area (Å²) in [6.45, 7) is 3.94. The van der Waals surface area contributed by atoms with Crippen molar-refractivity contribution in [3.05, 3.63) is 115 Å². The highest BCUT2D eigenvalue weighted by atomic mass is 16.2. The number of rotatable bonds is 4. The molecule has 1 fully saturated rings. The number of amides is 1. The van der Waals surface area contributed by atoms with Crippen LogP contribution in [0.1, 0.15) is 31.0 Å². The number of aromatic nitrogens is 1. The Kier molecular flexibility index (Phi) is 5.46. The zero-order chi connectivity index (χ0) is 23.8. The molecule has 1 spiro atoms. The van der Waals surface area contributed by atoms with E-state index in [-0.39, 0.29) is 11.9 Å². The summed E-state index contributed by atoms with van der Waals surface area (Å²) in [6.07, 6.45) is 3.48. The molecule has 0 saturated carbocycles. The van der Waals surface area contributed by atoms with Crippen LogP contribution < -0.4 is 4.90 Å². The van der Waals surface area contributed by atoms with Gasteiger partial charge in [-0.05, 0) is 66.8 Å². The maximum atomic E-state index is 14.2. The zero-order valence-corrected chi connectivity index (χ0v) is 20.0. The Morgan fingerprint density at radius 3 is 2.31 bits per heavy atom. The van der Waals surface area contributed by atoms with E-state index in [1.165, 1.54) is 11.1 Å². The first-order valence-corrected chi connectivity index (χ1v) is 12.4. The molecule has 3 heterocycles. The SMILES string of the molecule is CC1CC2(CCN1Cc1ccccn1)C(=O)N(c1ccc(-c3ccccc3)cc1)c1ccccc12. The third-order valence-electron chi connectivity index (χ3n) is 7.69. The fraction of sp³-hybridized carbons (Fsp3) is 0.226. The smallest absolute Gasteiger partial charge is 0.242 e. The highest BCUT2D eigenvalue weighted by Gasteiger charge is 2.53. The number of piperidine rings is 1. The zero-order valence-electron chi connectivity index (χ0n) is 20.0. The average Bonchev–Trinajstić information content (AvgIpc) is 3.14. The van der Waals surface area contributed by atoms with Gasteiger partial charge in [0.1, 0.15) is 0 Å². The molecule has 2 aliphatic rings. The number of hydrogen-bond acceptors (Lipinski definition) is 3. The quantitative estimate of drug-likeness (QED) is 0.357. The van der Waals surface area contributed by atoms with Crippen molar-refractivity contribution >= 4 is 17.3 Å². The number of carbonyl (C=O) groups is 1. The molecular weight excluding hydrogens is 430 g/mol. The van der Waals surface area contributed by atoms with Crippen molar-refractivity contribution in [1.82, 2.24) is 9.88 Å². The van der Waals surface area contributed by atoms with Gasteiger partial charge < -0.3 is 0 Å². The summed E-state index contributed by atoms with van der Waals surface area (Å²) in [6, 6.07) is 33.4. The van der Waals surface area contributed by atoms with Gasteiger partial charge in [0.15, 0.2) is 0 Å². The van der Waals surface area contributed by atoms with E-state index in [2.05, 4.69) is 89.6 Å². The van der Waals surface area contributed by atoms with Gasteiger partial charge in [-0.15, -0.1) is 0 Å². The van der Waals surface area contributed by atoms with Crippen molar-refractivity contribution < 1.29 is 4.79 Å². The fourth-order valence-electron chi connectivity index (χ4n) is 5.87. The van der Waals surface area contributed by atoms with E-state index in [4.69, 9.17) is 0 Å². The molecule has 2 unspecified atom stereocenters. The first-order valence-electron chi connectivity index (χ1n) is 12.4. The third kappa shape index (κ3) is 3.75. The van der Waals surface area contributed by atoms with E-state index in [1.54, 1.807) is 0 Å². The molecule has 1 aromatic heterocycles. The Bertz CT molecular complexity index is 1340. The molecule has 2 atom stereocenters. The first kappa shape index (κ1) is 21.8. The van der Waals surface area contributed by atoms with Crippen molar-refractivity contribution in [2.75, 3.05) is 11.4 Å². The minimum atomic E-state index is -0.477. The number of hydrogen-bond donors (Lipinski definition) is 0. The summed E-state index contributed by atoms with van der Waals surface area (Å²) >= 11 is 0. The van der Waals surface area contributed by atoms with Crippen LogP contribution in [0, 0.1) is 0 Å². The van der Waals surface area contributed by atoms with Gasteiger partial charge >= 0.3 is 0 Å². The molecular formula is C31H29N3O. The maximum absolute atomic E-state index is 14.2. The van der Waals surface area contributed by atoms with Gasteiger partial charge in [-0.25, -0.2) is 0 Å². The summed E-state index contributed by atoms with van der Waals surface area (Å²) in [4.78, 5) is 23.1. The predicted molar refractivity (Wildman–Crippen MR) is 140 cm³/mol. The fourth-order valence-corrected chi connectivity index (χ4v) is 5.87. The minimum absolute atomic E-state index is 0.204. The molecule has 174 valence electrons. The van der Waals surface area contributed by atoms with Crippen LogP contribution >= 0.6 is 0 Å². The molecule has 0 bridgehead atoms. The van der Waals surface area contributed by atoms with Crippen molar-refractivity contribution in [2.24, 2.45) is 0 Å². The van der Waals surface area contributed by atoms with Crippen LogP contribution in [0.4, 0.5) is 11.4 Å². The van der Waals surface area contributed by atoms with Crippen LogP contribution in [0.2, 0.25) is 0 Å². The van der Waals surface area contributed by atoms with E-state index in [0.717, 1.165) is 48.6 Å². The van der Waals surface area contributed by atoms with Crippen LogP contribution in [-0.2, 0) is 16.8 Å². The van der Waals surface area contributed by atoms with E-state index >= 15 is 0 Å². The topological polar surface area (TPSA) is 36.4 Å². The van der Waals surface area contributed by atoms with Crippen LogP contribution in [-0.4, -0.2) is 28.4 Å². The lowest BCUT2D eigenvalue weighted by Gasteiger charge is -2.43. The van der Waals surface area contributed by atoms with Gasteiger partial charge in [-0.3, -0.25) is 19.6 Å². The lowest BCUT2D eigenvalue weighted by Crippen LogP contribution is -2.51. The molecule has 2 aliphatic heterocycles. The molecule has 6 rings (SSSR count). The highest BCUT2D eigenvalue weighted by molar-refractivity contribution is 6.13. The third-order valence-corrected chi connectivity index (χ3v) is 7.69. The molecule has 0 aliphatic carbocycles. The van der Waals surface area contributed by atoms with Crippen molar-refractivity contribution in [3.63, 3.8) is 0 Å². The van der Waals surface area contributed by atoms with Crippen molar-refractivity contribution in [2.45, 2.75) is 37.8 Å². The second kappa shape index (κ2) is 8.79. The Morgan fingerprint density at radius 2 is 1.57 bits per heavy atom. The van der Waals surface area contributed by atoms with Gasteiger partial charge in [-0.2, -0.15) is 0 Å². The van der Waals surface area contributed by atoms with Crippen molar-refractivity contribution in [3.8, 4) is 11.1 Å². The number of para-hydroxylation sites is 1. The Labute approximate surface area is 206 Å². The normalized spacial score (nSPS) is 21.9. The maximum Gasteiger partial charge on any atom is 0.242 e. The lowest BCUT2D eigenvalue weighted by molar-refractivity contribution is -0.125. The van der Waals surface area contributed by atoms with Crippen molar-refractivity contribution in [1.29, 1.82) is 0 Å². The number of likely N-dealkylation sites (tertiary alicyclic amines) is 1. The summed E-state index contributed by atoms with van der Waals surface area (Å²) < 4.78 is 0. The van der Waals surface area contributed by atoms with Crippen LogP contribution in [0.25, 0.3) is 11.1 Å². The monoisotopic (exact) mass is 459 g/mol. The van der Waals surface area contributed by atoms with Gasteiger partial charge in [0.25, 0.3) is 0 Å². The van der Waals surface area contributed by atoms with Gasteiger partial charge in [0.05, 0.1) is 16.8 Å². The summed E-state index contributed by atoms with van der Waals surface area (Å²) in [5.74, 6) is 0.204. The lowest BCUT2D eigenvalue weighted by atomic mass is 9.71. The van der Waals surface area contributed by atoms with Gasteiger partial charge in [0, 0.05) is 31.0 Å². The van der Waals surface area contributed by atoms with Crippen LogP contribution in [0.3, 0.4) is 0 Å². The number of benzene rings is 3. The predicted octanol–water partition coefficient (Wildman–Crippen LogP) is 6.35. The molecule has 0 radical (unpaired) electrons. The largest absolute Gasteiger partial charge is 0.295 e. The molecule has 0 N–H and O–H groups in total. The standard InChI is InChI=1S/C31H29N3O/c1-23-21-31(18-20-33(23)22-26-11-7-8-19-32-26)28-12-5-6-13-29(28)34(30(31)35)27-16-14-25(15-17-27)24-9-3-2-4-10-24/h2-17,19,23H,18,20-22H2,1H3. The summed E-state index contributed by atoms with van der Waals surface area (Å²) in [5.41, 5.74) is 6.06. The number of anilines is 2. The second-order valence-corrected chi connectivity index (χ2v) is 9.75. The highest BCUT2D eigenvalue weighted by Crippen LogP contribution is 2.51. The van der Waals surface area contributed by atoms with E-state index in [9.17, 15) is 4.79 Å². The average molecular weight is 460 g/mol. The van der Waals surface area contributed by atoms with Gasteiger partial charge in [-0.1, -0.05) is 66.7 Å². The van der Waals surface area contributed by atoms with Gasteiger partial charge in [0.2, 0.25) is 5.91 Å². The Balaban J connectivity index is 1.30. The number of carbonyl (C=O) groups excluding carboxylic acids is 1.